The lowest BCUT2D eigenvalue weighted by Gasteiger charge is -2.05. The molecular formula is C6H3BrClF2NO. The van der Waals surface area contributed by atoms with Crippen molar-refractivity contribution in [3.05, 3.63) is 21.9 Å². The molecule has 0 radical (unpaired) electrons. The number of hydrogen-bond acceptors (Lipinski definition) is 2. The molecule has 0 aromatic carbocycles. The summed E-state index contributed by atoms with van der Waals surface area (Å²) in [5.74, 6) is -0.0231. The Balaban J connectivity index is 2.90. The van der Waals surface area contributed by atoms with Gasteiger partial charge in [0, 0.05) is 12.3 Å². The molecule has 1 aromatic rings. The fraction of sp³-hybridized carbons (Fsp3) is 0.167. The highest BCUT2D eigenvalue weighted by molar-refractivity contribution is 9.10. The minimum atomic E-state index is -2.86. The molecule has 0 aliphatic rings. The quantitative estimate of drug-likeness (QED) is 0.761. The smallest absolute Gasteiger partial charge is 0.387 e. The summed E-state index contributed by atoms with van der Waals surface area (Å²) in [4.78, 5) is 3.64. The maximum atomic E-state index is 11.7. The Morgan fingerprint density at radius 3 is 2.83 bits per heavy atom. The SMILES string of the molecule is FC(F)Oc1cc(Cl)ncc1Br. The molecule has 1 heterocycles. The van der Waals surface area contributed by atoms with E-state index in [1.807, 2.05) is 0 Å². The highest BCUT2D eigenvalue weighted by Gasteiger charge is 2.08. The molecule has 0 saturated carbocycles. The predicted molar refractivity (Wildman–Crippen MR) is 43.6 cm³/mol. The van der Waals surface area contributed by atoms with Crippen molar-refractivity contribution >= 4 is 27.5 Å². The molecule has 1 rings (SSSR count). The number of halogens is 4. The molecular weight excluding hydrogens is 255 g/mol. The molecule has 0 aliphatic carbocycles. The van der Waals surface area contributed by atoms with Gasteiger partial charge in [0.15, 0.2) is 0 Å². The summed E-state index contributed by atoms with van der Waals surface area (Å²) < 4.78 is 27.9. The number of pyridine rings is 1. The van der Waals surface area contributed by atoms with Crippen molar-refractivity contribution < 1.29 is 13.5 Å². The largest absolute Gasteiger partial charge is 0.433 e. The summed E-state index contributed by atoms with van der Waals surface area (Å²) >= 11 is 8.42. The van der Waals surface area contributed by atoms with Crippen LogP contribution in [0.3, 0.4) is 0 Å². The first-order valence-electron chi connectivity index (χ1n) is 2.85. The van der Waals surface area contributed by atoms with Crippen molar-refractivity contribution in [1.82, 2.24) is 4.98 Å². The molecule has 0 spiro atoms. The number of alkyl halides is 2. The minimum Gasteiger partial charge on any atom is -0.433 e. The van der Waals surface area contributed by atoms with Crippen LogP contribution in [0.25, 0.3) is 0 Å². The van der Waals surface area contributed by atoms with E-state index in [4.69, 9.17) is 11.6 Å². The molecule has 1 aromatic heterocycles. The van der Waals surface area contributed by atoms with Crippen molar-refractivity contribution in [2.24, 2.45) is 0 Å². The highest BCUT2D eigenvalue weighted by atomic mass is 79.9. The summed E-state index contributed by atoms with van der Waals surface area (Å²) in [7, 11) is 0. The molecule has 12 heavy (non-hydrogen) atoms. The number of nitrogens with zero attached hydrogens (tertiary/aromatic N) is 1. The molecule has 0 amide bonds. The molecule has 0 fully saturated rings. The van der Waals surface area contributed by atoms with E-state index in [0.717, 1.165) is 0 Å². The van der Waals surface area contributed by atoms with Crippen molar-refractivity contribution in [2.75, 3.05) is 0 Å². The van der Waals surface area contributed by atoms with Gasteiger partial charge in [-0.25, -0.2) is 4.98 Å². The summed E-state index contributed by atoms with van der Waals surface area (Å²) in [6, 6.07) is 1.21. The zero-order chi connectivity index (χ0) is 9.14. The number of aromatic nitrogens is 1. The van der Waals surface area contributed by atoms with Crippen LogP contribution in [0, 0.1) is 0 Å². The zero-order valence-corrected chi connectivity index (χ0v) is 7.94. The average molecular weight is 258 g/mol. The van der Waals surface area contributed by atoms with E-state index in [-0.39, 0.29) is 10.9 Å². The van der Waals surface area contributed by atoms with E-state index in [1.54, 1.807) is 0 Å². The first-order chi connectivity index (χ1) is 5.59. The van der Waals surface area contributed by atoms with Crippen LogP contribution < -0.4 is 4.74 Å². The monoisotopic (exact) mass is 257 g/mol. The molecule has 6 heteroatoms. The van der Waals surface area contributed by atoms with Crippen LogP contribution in [0.5, 0.6) is 5.75 Å². The van der Waals surface area contributed by atoms with Crippen LogP contribution in [0.2, 0.25) is 5.15 Å². The van der Waals surface area contributed by atoms with Gasteiger partial charge in [0.2, 0.25) is 0 Å². The maximum Gasteiger partial charge on any atom is 0.387 e. The molecule has 0 bridgehead atoms. The third kappa shape index (κ3) is 2.57. The summed E-state index contributed by atoms with van der Waals surface area (Å²) in [6.45, 7) is -2.86. The minimum absolute atomic E-state index is 0.0231. The van der Waals surface area contributed by atoms with Gasteiger partial charge in [-0.1, -0.05) is 11.6 Å². The standard InChI is InChI=1S/C6H3BrClF2NO/c7-3-2-11-5(8)1-4(3)12-6(9)10/h1-2,6H. The van der Waals surface area contributed by atoms with Crippen molar-refractivity contribution in [3.8, 4) is 5.75 Å². The normalized spacial score (nSPS) is 10.4. The van der Waals surface area contributed by atoms with Gasteiger partial charge in [0.25, 0.3) is 0 Å². The van der Waals surface area contributed by atoms with Gasteiger partial charge in [0.1, 0.15) is 10.9 Å². The molecule has 0 atom stereocenters. The fourth-order valence-electron chi connectivity index (χ4n) is 0.583. The second kappa shape index (κ2) is 4.00. The lowest BCUT2D eigenvalue weighted by molar-refractivity contribution is -0.0503. The molecule has 0 saturated heterocycles. The third-order valence-electron chi connectivity index (χ3n) is 1.00. The van der Waals surface area contributed by atoms with Gasteiger partial charge in [0.05, 0.1) is 4.47 Å². The second-order valence-corrected chi connectivity index (χ2v) is 3.06. The Labute approximate surface area is 80.6 Å². The van der Waals surface area contributed by atoms with Crippen molar-refractivity contribution in [2.45, 2.75) is 6.61 Å². The van der Waals surface area contributed by atoms with E-state index in [2.05, 4.69) is 25.7 Å². The Bertz CT molecular complexity index is 284. The van der Waals surface area contributed by atoms with Crippen LogP contribution in [-0.2, 0) is 0 Å². The Hall–Kier alpha value is -0.420. The van der Waals surface area contributed by atoms with E-state index in [0.29, 0.717) is 4.47 Å². The molecule has 0 N–H and O–H groups in total. The molecule has 0 unspecified atom stereocenters. The summed E-state index contributed by atoms with van der Waals surface area (Å²) in [5, 5.41) is 0.105. The fourth-order valence-corrected chi connectivity index (χ4v) is 1.04. The van der Waals surface area contributed by atoms with Crippen LogP contribution in [0.4, 0.5) is 8.78 Å². The summed E-state index contributed by atoms with van der Waals surface area (Å²) in [5.41, 5.74) is 0. The number of rotatable bonds is 2. The van der Waals surface area contributed by atoms with Gasteiger partial charge in [-0.15, -0.1) is 0 Å². The van der Waals surface area contributed by atoms with Crippen LogP contribution >= 0.6 is 27.5 Å². The topological polar surface area (TPSA) is 22.1 Å². The van der Waals surface area contributed by atoms with Gasteiger partial charge >= 0.3 is 6.61 Å². The Kier molecular flexibility index (Phi) is 3.22. The number of hydrogen-bond donors (Lipinski definition) is 0. The Morgan fingerprint density at radius 1 is 1.58 bits per heavy atom. The molecule has 66 valence electrons. The van der Waals surface area contributed by atoms with Gasteiger partial charge in [-0.3, -0.25) is 0 Å². The highest BCUT2D eigenvalue weighted by Crippen LogP contribution is 2.27. The lowest BCUT2D eigenvalue weighted by atomic mass is 10.4. The van der Waals surface area contributed by atoms with Gasteiger partial charge in [-0.2, -0.15) is 8.78 Å². The first-order valence-corrected chi connectivity index (χ1v) is 4.02. The third-order valence-corrected chi connectivity index (χ3v) is 1.81. The summed E-state index contributed by atoms with van der Waals surface area (Å²) in [6.07, 6.45) is 1.29. The lowest BCUT2D eigenvalue weighted by Crippen LogP contribution is -2.02. The van der Waals surface area contributed by atoms with E-state index in [9.17, 15) is 8.78 Å². The van der Waals surface area contributed by atoms with Gasteiger partial charge in [-0.05, 0) is 15.9 Å². The number of ether oxygens (including phenoxy) is 1. The van der Waals surface area contributed by atoms with E-state index in [1.165, 1.54) is 12.3 Å². The first kappa shape index (κ1) is 9.67. The predicted octanol–water partition coefficient (Wildman–Crippen LogP) is 3.10. The van der Waals surface area contributed by atoms with Crippen molar-refractivity contribution in [3.63, 3.8) is 0 Å². The average Bonchev–Trinajstić information content (AvgIpc) is 1.96. The zero-order valence-electron chi connectivity index (χ0n) is 5.60. The van der Waals surface area contributed by atoms with Crippen LogP contribution in [-0.4, -0.2) is 11.6 Å². The van der Waals surface area contributed by atoms with Crippen molar-refractivity contribution in [1.29, 1.82) is 0 Å². The van der Waals surface area contributed by atoms with Gasteiger partial charge < -0.3 is 4.74 Å². The second-order valence-electron chi connectivity index (χ2n) is 1.82. The van der Waals surface area contributed by atoms with E-state index < -0.39 is 6.61 Å². The van der Waals surface area contributed by atoms with E-state index >= 15 is 0 Å². The molecule has 2 nitrogen and oxygen atoms in total. The molecule has 0 aliphatic heterocycles. The Morgan fingerprint density at radius 2 is 2.25 bits per heavy atom. The van der Waals surface area contributed by atoms with Crippen LogP contribution in [0.15, 0.2) is 16.7 Å². The van der Waals surface area contributed by atoms with Crippen LogP contribution in [0.1, 0.15) is 0 Å². The maximum absolute atomic E-state index is 11.7.